The summed E-state index contributed by atoms with van der Waals surface area (Å²) in [6.45, 7) is 0.850. The van der Waals surface area contributed by atoms with Gasteiger partial charge in [0.05, 0.1) is 31.3 Å². The van der Waals surface area contributed by atoms with Gasteiger partial charge >= 0.3 is 0 Å². The van der Waals surface area contributed by atoms with Crippen molar-refractivity contribution < 1.29 is 34.5 Å². The molecule has 58 heavy (non-hydrogen) atoms. The molecule has 6 N–H and O–H groups in total. The number of benzene rings is 4. The van der Waals surface area contributed by atoms with E-state index in [-0.39, 0.29) is 30.0 Å². The number of amides is 3. The third-order valence-electron chi connectivity index (χ3n) is 9.97. The first-order valence-corrected chi connectivity index (χ1v) is 18.3. The SMILES string of the molecule is CNC(=O)c1nn(-c2ccc(OC)cc2)c2c1CCN(c1ccc([NH2+]O)cc1)C2=O.COc1ccc(-n2nc(CN=O)c3c2C(=O)N(c2ccc(N)cc2)CC3)cc1. The molecule has 2 aliphatic rings. The van der Waals surface area contributed by atoms with Crippen LogP contribution in [-0.2, 0) is 19.4 Å². The van der Waals surface area contributed by atoms with E-state index in [1.807, 2.05) is 24.3 Å². The van der Waals surface area contributed by atoms with Crippen molar-refractivity contribution in [1.29, 1.82) is 0 Å². The van der Waals surface area contributed by atoms with Crippen molar-refractivity contribution in [2.45, 2.75) is 19.4 Å². The minimum Gasteiger partial charge on any atom is -0.497 e. The average molecular weight is 786 g/mol. The molecule has 0 spiro atoms. The number of ether oxygens (including phenoxy) is 2. The summed E-state index contributed by atoms with van der Waals surface area (Å²) in [6.07, 6.45) is 1.08. The molecule has 0 radical (unpaired) electrons. The summed E-state index contributed by atoms with van der Waals surface area (Å²) in [5.41, 5.74) is 13.9. The third kappa shape index (κ3) is 7.46. The number of rotatable bonds is 10. The molecule has 2 aliphatic heterocycles. The molecule has 3 amide bonds. The van der Waals surface area contributed by atoms with Gasteiger partial charge in [-0.05, 0) is 97.8 Å². The zero-order valence-electron chi connectivity index (χ0n) is 32.0. The number of fused-ring (bicyclic) bond motifs is 2. The summed E-state index contributed by atoms with van der Waals surface area (Å²) >= 11 is 0. The molecule has 6 aromatic rings. The Hall–Kier alpha value is -7.37. The standard InChI is InChI=1S/C21H21N5O4.C20H19N5O3/c1-22-20(27)18-17-11-12-25(14-5-3-13(24-29)4-6-14)21(28)19(17)26(23-18)15-7-9-16(30-2)10-8-15;1-28-16-8-6-15(7-9-16)25-19-17(18(23-25)12-22-27)10-11-24(20(19)26)14-4-2-13(21)3-5-14/h3-10,24,29H,11-12H2,1-2H3,(H,22,27);2-9H,10-12,21H2,1H3/p+1. The quantitative estimate of drug-likeness (QED) is 0.0891. The number of hydrogen-bond donors (Lipinski definition) is 4. The van der Waals surface area contributed by atoms with Crippen molar-refractivity contribution in [3.8, 4) is 22.9 Å². The van der Waals surface area contributed by atoms with E-state index in [0.717, 1.165) is 16.7 Å². The van der Waals surface area contributed by atoms with Gasteiger partial charge in [0.1, 0.15) is 29.4 Å². The number of carbonyl (C=O) groups excluding carboxylic acids is 3. The van der Waals surface area contributed by atoms with E-state index in [0.29, 0.717) is 88.5 Å². The Morgan fingerprint density at radius 2 is 1.21 bits per heavy atom. The molecule has 0 unspecified atom stereocenters. The predicted molar refractivity (Wildman–Crippen MR) is 215 cm³/mol. The molecule has 2 aromatic heterocycles. The van der Waals surface area contributed by atoms with Gasteiger partial charge in [-0.25, -0.2) is 14.6 Å². The summed E-state index contributed by atoms with van der Waals surface area (Å²) in [6, 6.07) is 28.5. The van der Waals surface area contributed by atoms with E-state index in [9.17, 15) is 19.3 Å². The fourth-order valence-electron chi connectivity index (χ4n) is 6.99. The van der Waals surface area contributed by atoms with Crippen LogP contribution in [0.1, 0.15) is 48.3 Å². The van der Waals surface area contributed by atoms with Gasteiger partial charge in [-0.3, -0.25) is 14.4 Å². The van der Waals surface area contributed by atoms with Crippen molar-refractivity contribution in [2.75, 3.05) is 49.9 Å². The first-order valence-electron chi connectivity index (χ1n) is 18.3. The summed E-state index contributed by atoms with van der Waals surface area (Å²) in [7, 11) is 4.71. The second-order valence-electron chi connectivity index (χ2n) is 13.3. The minimum absolute atomic E-state index is 0.0688. The Labute approximate surface area is 332 Å². The molecule has 17 nitrogen and oxygen atoms in total. The Morgan fingerprint density at radius 3 is 1.69 bits per heavy atom. The van der Waals surface area contributed by atoms with E-state index in [1.54, 1.807) is 101 Å². The number of carbonyl (C=O) groups is 3. The number of quaternary nitrogens is 1. The highest BCUT2D eigenvalue weighted by Gasteiger charge is 2.36. The number of nitrogens with zero attached hydrogens (tertiary/aromatic N) is 7. The van der Waals surface area contributed by atoms with Gasteiger partial charge < -0.3 is 30.3 Å². The summed E-state index contributed by atoms with van der Waals surface area (Å²) < 4.78 is 13.5. The topological polar surface area (TPSA) is 216 Å². The Bertz CT molecular complexity index is 2460. The van der Waals surface area contributed by atoms with Crippen LogP contribution in [0, 0.1) is 4.91 Å². The van der Waals surface area contributed by atoms with E-state index in [2.05, 4.69) is 20.7 Å². The van der Waals surface area contributed by atoms with Crippen molar-refractivity contribution in [1.82, 2.24) is 24.9 Å². The molecule has 0 atom stereocenters. The van der Waals surface area contributed by atoms with Crippen LogP contribution in [0.4, 0.5) is 22.7 Å². The molecule has 0 saturated heterocycles. The zero-order chi connectivity index (χ0) is 40.9. The molecule has 0 fully saturated rings. The highest BCUT2D eigenvalue weighted by Crippen LogP contribution is 2.32. The summed E-state index contributed by atoms with van der Waals surface area (Å²) in [5.74, 6) is 0.638. The van der Waals surface area contributed by atoms with Gasteiger partial charge in [0.2, 0.25) is 0 Å². The molecule has 0 aliphatic carbocycles. The summed E-state index contributed by atoms with van der Waals surface area (Å²) in [4.78, 5) is 53.4. The lowest BCUT2D eigenvalue weighted by atomic mass is 10.0. The second-order valence-corrected chi connectivity index (χ2v) is 13.3. The lowest BCUT2D eigenvalue weighted by molar-refractivity contribution is -0.825. The van der Waals surface area contributed by atoms with Gasteiger partial charge in [-0.2, -0.15) is 20.6 Å². The molecular weight excluding hydrogens is 745 g/mol. The molecule has 0 bridgehead atoms. The van der Waals surface area contributed by atoms with E-state index < -0.39 is 0 Å². The highest BCUT2D eigenvalue weighted by molar-refractivity contribution is 6.10. The first-order chi connectivity index (χ1) is 28.2. The fraction of sp³-hybridized carbons (Fsp3) is 0.195. The number of anilines is 3. The van der Waals surface area contributed by atoms with Gasteiger partial charge in [0, 0.05) is 60.5 Å². The minimum atomic E-state index is -0.331. The monoisotopic (exact) mass is 785 g/mol. The van der Waals surface area contributed by atoms with Crippen LogP contribution in [0.5, 0.6) is 11.5 Å². The van der Waals surface area contributed by atoms with E-state index >= 15 is 0 Å². The average Bonchev–Trinajstić information content (AvgIpc) is 3.85. The predicted octanol–water partition coefficient (Wildman–Crippen LogP) is 3.96. The lowest BCUT2D eigenvalue weighted by Gasteiger charge is -2.28. The summed E-state index contributed by atoms with van der Waals surface area (Å²) in [5, 5.41) is 23.7. The van der Waals surface area contributed by atoms with Gasteiger partial charge in [0.25, 0.3) is 17.7 Å². The smallest absolute Gasteiger partial charge is 0.277 e. The number of nitrogens with one attached hydrogen (secondary N) is 1. The molecule has 296 valence electrons. The van der Waals surface area contributed by atoms with Gasteiger partial charge in [-0.1, -0.05) is 5.18 Å². The Kier molecular flexibility index (Phi) is 11.3. The Morgan fingerprint density at radius 1 is 0.741 bits per heavy atom. The zero-order valence-corrected chi connectivity index (χ0v) is 32.0. The first kappa shape index (κ1) is 38.9. The van der Waals surface area contributed by atoms with E-state index in [4.69, 9.17) is 20.4 Å². The largest absolute Gasteiger partial charge is 0.497 e. The number of nitrogen functional groups attached to an aromatic ring is 1. The molecule has 0 saturated carbocycles. The Balaban J connectivity index is 0.000000177. The highest BCUT2D eigenvalue weighted by atomic mass is 16.5. The van der Waals surface area contributed by atoms with Crippen molar-refractivity contribution in [3.63, 3.8) is 0 Å². The van der Waals surface area contributed by atoms with Crippen LogP contribution in [-0.4, -0.2) is 76.8 Å². The number of nitroso groups, excluding NO2 is 1. The van der Waals surface area contributed by atoms with Crippen LogP contribution >= 0.6 is 0 Å². The third-order valence-corrected chi connectivity index (χ3v) is 9.97. The molecule has 4 heterocycles. The molecule has 8 rings (SSSR count). The maximum absolute atomic E-state index is 13.5. The lowest BCUT2D eigenvalue weighted by Crippen LogP contribution is -2.73. The second kappa shape index (κ2) is 16.8. The van der Waals surface area contributed by atoms with Crippen LogP contribution in [0.25, 0.3) is 11.4 Å². The number of hydrogen-bond acceptors (Lipinski definition) is 11. The van der Waals surface area contributed by atoms with Gasteiger partial charge in [0.15, 0.2) is 11.4 Å². The van der Waals surface area contributed by atoms with Crippen LogP contribution in [0.15, 0.2) is 102 Å². The molecule has 4 aromatic carbocycles. The maximum atomic E-state index is 13.5. The van der Waals surface area contributed by atoms with Crippen molar-refractivity contribution >= 4 is 40.5 Å². The number of methoxy groups -OCH3 is 2. The molecular formula is C41H41N10O7+. The number of aromatic nitrogens is 4. The van der Waals surface area contributed by atoms with E-state index in [1.165, 1.54) is 11.7 Å². The van der Waals surface area contributed by atoms with Crippen molar-refractivity contribution in [2.24, 2.45) is 5.18 Å². The fourth-order valence-corrected chi connectivity index (χ4v) is 6.99. The normalized spacial score (nSPS) is 13.2. The molecule has 17 heteroatoms. The van der Waals surface area contributed by atoms with Crippen LogP contribution < -0.4 is 35.8 Å². The van der Waals surface area contributed by atoms with Gasteiger partial charge in [-0.15, -0.1) is 0 Å². The number of nitrogens with two attached hydrogens (primary N) is 2. The maximum Gasteiger partial charge on any atom is 0.277 e. The van der Waals surface area contributed by atoms with Crippen LogP contribution in [0.2, 0.25) is 0 Å². The van der Waals surface area contributed by atoms with Crippen LogP contribution in [0.3, 0.4) is 0 Å². The van der Waals surface area contributed by atoms with Crippen molar-refractivity contribution in [3.05, 3.63) is 136 Å².